The number of hydrogen-bond acceptors (Lipinski definition) is 3. The molecule has 21 heavy (non-hydrogen) atoms. The van der Waals surface area contributed by atoms with Crippen LogP contribution in [-0.4, -0.2) is 17.7 Å². The number of aryl methyl sites for hydroxylation is 1. The van der Waals surface area contributed by atoms with Crippen LogP contribution in [0.4, 0.5) is 0 Å². The van der Waals surface area contributed by atoms with E-state index in [-0.39, 0.29) is 6.61 Å². The summed E-state index contributed by atoms with van der Waals surface area (Å²) >= 11 is 0. The molecule has 0 saturated carbocycles. The number of hydrogen-bond donors (Lipinski definition) is 2. The predicted octanol–water partition coefficient (Wildman–Crippen LogP) is 2.75. The second-order valence-electron chi connectivity index (χ2n) is 4.92. The quantitative estimate of drug-likeness (QED) is 0.821. The molecule has 4 nitrogen and oxygen atoms in total. The van der Waals surface area contributed by atoms with Gasteiger partial charge in [0.05, 0.1) is 0 Å². The summed E-state index contributed by atoms with van der Waals surface area (Å²) in [5.74, 6) is -0.398. The minimum absolute atomic E-state index is 0.319. The third-order valence-electron chi connectivity index (χ3n) is 3.04. The van der Waals surface area contributed by atoms with Gasteiger partial charge in [-0.05, 0) is 30.2 Å². The lowest BCUT2D eigenvalue weighted by Gasteiger charge is -2.08. The van der Waals surface area contributed by atoms with Crippen LogP contribution < -0.4 is 10.1 Å². The average Bonchev–Trinajstić information content (AvgIpc) is 2.48. The topological polar surface area (TPSA) is 58.6 Å². The van der Waals surface area contributed by atoms with Crippen LogP contribution in [-0.2, 0) is 17.9 Å². The second kappa shape index (κ2) is 7.45. The lowest BCUT2D eigenvalue weighted by molar-refractivity contribution is -0.139. The predicted molar refractivity (Wildman–Crippen MR) is 81.3 cm³/mol. The summed E-state index contributed by atoms with van der Waals surface area (Å²) in [6.45, 7) is 3.25. The van der Waals surface area contributed by atoms with Crippen molar-refractivity contribution in [3.8, 4) is 5.75 Å². The average molecular weight is 285 g/mol. The number of carboxylic acid groups (broad SMARTS) is 1. The number of ether oxygens (including phenoxy) is 1. The fourth-order valence-corrected chi connectivity index (χ4v) is 1.95. The minimum atomic E-state index is -0.974. The van der Waals surface area contributed by atoms with Crippen LogP contribution in [0.1, 0.15) is 16.7 Å². The molecule has 0 aliphatic carbocycles. The molecule has 2 rings (SSSR count). The molecule has 0 unspecified atom stereocenters. The van der Waals surface area contributed by atoms with E-state index in [0.29, 0.717) is 12.3 Å². The van der Waals surface area contributed by atoms with Crippen molar-refractivity contribution in [1.29, 1.82) is 0 Å². The van der Waals surface area contributed by atoms with Gasteiger partial charge in [0.2, 0.25) is 0 Å². The first-order valence-corrected chi connectivity index (χ1v) is 6.83. The van der Waals surface area contributed by atoms with Gasteiger partial charge in [0.1, 0.15) is 5.75 Å². The maximum absolute atomic E-state index is 10.5. The molecule has 0 atom stereocenters. The van der Waals surface area contributed by atoms with E-state index < -0.39 is 5.97 Å². The Balaban J connectivity index is 1.83. The molecule has 2 aromatic carbocycles. The Hall–Kier alpha value is -2.33. The second-order valence-corrected chi connectivity index (χ2v) is 4.92. The normalized spacial score (nSPS) is 10.3. The zero-order valence-corrected chi connectivity index (χ0v) is 12.0. The van der Waals surface area contributed by atoms with Crippen LogP contribution in [0.25, 0.3) is 0 Å². The van der Waals surface area contributed by atoms with E-state index >= 15 is 0 Å². The van der Waals surface area contributed by atoms with E-state index in [2.05, 4.69) is 36.5 Å². The maximum Gasteiger partial charge on any atom is 0.341 e. The van der Waals surface area contributed by atoms with Crippen LogP contribution in [0, 0.1) is 6.92 Å². The van der Waals surface area contributed by atoms with Gasteiger partial charge < -0.3 is 15.2 Å². The lowest BCUT2D eigenvalue weighted by Crippen LogP contribution is -2.13. The Labute approximate surface area is 124 Å². The summed E-state index contributed by atoms with van der Waals surface area (Å²) in [5.41, 5.74) is 3.55. The van der Waals surface area contributed by atoms with Crippen molar-refractivity contribution in [3.05, 3.63) is 65.2 Å². The lowest BCUT2D eigenvalue weighted by atomic mass is 10.1. The van der Waals surface area contributed by atoms with Crippen LogP contribution in [0.3, 0.4) is 0 Å². The maximum atomic E-state index is 10.5. The van der Waals surface area contributed by atoms with Crippen molar-refractivity contribution in [3.63, 3.8) is 0 Å². The molecule has 0 aromatic heterocycles. The van der Waals surface area contributed by atoms with Crippen molar-refractivity contribution in [1.82, 2.24) is 5.32 Å². The molecule has 0 spiro atoms. The zero-order chi connectivity index (χ0) is 15.1. The highest BCUT2D eigenvalue weighted by atomic mass is 16.5. The fourth-order valence-electron chi connectivity index (χ4n) is 1.95. The summed E-state index contributed by atoms with van der Waals surface area (Å²) in [6, 6.07) is 15.9. The smallest absolute Gasteiger partial charge is 0.341 e. The number of rotatable bonds is 7. The van der Waals surface area contributed by atoms with E-state index in [1.165, 1.54) is 11.1 Å². The third-order valence-corrected chi connectivity index (χ3v) is 3.04. The summed E-state index contributed by atoms with van der Waals surface area (Å²) in [6.07, 6.45) is 0. The van der Waals surface area contributed by atoms with Gasteiger partial charge in [-0.25, -0.2) is 4.79 Å². The number of carboxylic acids is 1. The van der Waals surface area contributed by atoms with Crippen molar-refractivity contribution in [2.24, 2.45) is 0 Å². The summed E-state index contributed by atoms with van der Waals surface area (Å²) in [7, 11) is 0. The molecule has 0 amide bonds. The molecule has 0 radical (unpaired) electrons. The minimum Gasteiger partial charge on any atom is -0.482 e. The van der Waals surface area contributed by atoms with Gasteiger partial charge in [0.25, 0.3) is 0 Å². The van der Waals surface area contributed by atoms with Crippen molar-refractivity contribution in [2.45, 2.75) is 20.0 Å². The Kier molecular flexibility index (Phi) is 5.35. The van der Waals surface area contributed by atoms with Crippen molar-refractivity contribution < 1.29 is 14.6 Å². The van der Waals surface area contributed by atoms with Gasteiger partial charge in [0, 0.05) is 13.1 Å². The monoisotopic (exact) mass is 285 g/mol. The van der Waals surface area contributed by atoms with Crippen LogP contribution in [0.5, 0.6) is 5.75 Å². The molecular weight excluding hydrogens is 266 g/mol. The molecular formula is C17H19NO3. The first-order chi connectivity index (χ1) is 10.1. The first kappa shape index (κ1) is 15.1. The number of aliphatic carboxylic acids is 1. The number of nitrogens with one attached hydrogen (secondary N) is 1. The number of carbonyl (C=O) groups is 1. The highest BCUT2D eigenvalue weighted by Crippen LogP contribution is 2.13. The van der Waals surface area contributed by atoms with E-state index in [1.807, 2.05) is 18.2 Å². The Bertz CT molecular complexity index is 593. The molecule has 4 heteroatoms. The molecule has 0 fully saturated rings. The summed E-state index contributed by atoms with van der Waals surface area (Å²) < 4.78 is 5.16. The van der Waals surface area contributed by atoms with Gasteiger partial charge in [0.15, 0.2) is 6.61 Å². The Morgan fingerprint density at radius 1 is 1.10 bits per heavy atom. The SMILES string of the molecule is Cc1ccc(CNCc2cccc(OCC(=O)O)c2)cc1. The first-order valence-electron chi connectivity index (χ1n) is 6.83. The molecule has 110 valence electrons. The van der Waals surface area contributed by atoms with Gasteiger partial charge in [-0.15, -0.1) is 0 Å². The van der Waals surface area contributed by atoms with Gasteiger partial charge in [-0.1, -0.05) is 42.0 Å². The summed E-state index contributed by atoms with van der Waals surface area (Å²) in [5, 5.41) is 12.0. The molecule has 2 N–H and O–H groups in total. The van der Waals surface area contributed by atoms with E-state index in [9.17, 15) is 4.79 Å². The van der Waals surface area contributed by atoms with Crippen molar-refractivity contribution >= 4 is 5.97 Å². The van der Waals surface area contributed by atoms with Gasteiger partial charge >= 0.3 is 5.97 Å². The van der Waals surface area contributed by atoms with Crippen molar-refractivity contribution in [2.75, 3.05) is 6.61 Å². The molecule has 2 aromatic rings. The Morgan fingerprint density at radius 2 is 1.81 bits per heavy atom. The fraction of sp³-hybridized carbons (Fsp3) is 0.235. The van der Waals surface area contributed by atoms with E-state index in [1.54, 1.807) is 6.07 Å². The molecule has 0 bridgehead atoms. The largest absolute Gasteiger partial charge is 0.482 e. The third kappa shape index (κ3) is 5.28. The standard InChI is InChI=1S/C17H19NO3/c1-13-5-7-14(8-6-13)10-18-11-15-3-2-4-16(9-15)21-12-17(19)20/h2-9,18H,10-12H2,1H3,(H,19,20). The molecule has 0 aliphatic heterocycles. The summed E-state index contributed by atoms with van der Waals surface area (Å²) in [4.78, 5) is 10.5. The van der Waals surface area contributed by atoms with E-state index in [0.717, 1.165) is 12.1 Å². The molecule has 0 saturated heterocycles. The van der Waals surface area contributed by atoms with E-state index in [4.69, 9.17) is 9.84 Å². The highest BCUT2D eigenvalue weighted by molar-refractivity contribution is 5.68. The van der Waals surface area contributed by atoms with Crippen LogP contribution in [0.2, 0.25) is 0 Å². The van der Waals surface area contributed by atoms with Gasteiger partial charge in [-0.2, -0.15) is 0 Å². The van der Waals surface area contributed by atoms with Crippen LogP contribution in [0.15, 0.2) is 48.5 Å². The van der Waals surface area contributed by atoms with Gasteiger partial charge in [-0.3, -0.25) is 0 Å². The number of benzene rings is 2. The molecule has 0 aliphatic rings. The highest BCUT2D eigenvalue weighted by Gasteiger charge is 2.01. The zero-order valence-electron chi connectivity index (χ0n) is 12.0. The van der Waals surface area contributed by atoms with Crippen LogP contribution >= 0.6 is 0 Å². The molecule has 0 heterocycles. The Morgan fingerprint density at radius 3 is 2.52 bits per heavy atom.